The highest BCUT2D eigenvalue weighted by Gasteiger charge is 2.50. The summed E-state index contributed by atoms with van der Waals surface area (Å²) in [6.45, 7) is 15.1. The molecule has 6 N–H and O–H groups in total. The number of piperazine rings is 1. The molecule has 9 atom stereocenters. The third kappa shape index (κ3) is 8.91. The highest BCUT2D eigenvalue weighted by Crippen LogP contribution is 2.55. The SMILES string of the molecule is COC1C=CO[C@@]2(C)Oc3c(C)c(O)c4c(O)c(c(C=NN5CCN(C)CC5)c(O)c4c3C2=O)NC(=O)C(C)=CC=C[C@H](C)[C@H](O)[C@@H](C)C(O)[C@@H](C)C(OC(C)=O)[C@@H]1C. The van der Waals surface area contributed by atoms with Crippen LogP contribution in [0.5, 0.6) is 23.0 Å². The summed E-state index contributed by atoms with van der Waals surface area (Å²) in [7, 11) is 3.42. The molecule has 4 heterocycles. The molecule has 59 heavy (non-hydrogen) atoms. The molecule has 0 aromatic heterocycles. The second-order valence-corrected chi connectivity index (χ2v) is 16.1. The number of fused-ring (bicyclic) bond motifs is 14. The summed E-state index contributed by atoms with van der Waals surface area (Å²) in [5, 5.41) is 66.8. The largest absolute Gasteiger partial charge is 0.507 e. The number of nitrogens with one attached hydrogen (secondary N) is 1. The van der Waals surface area contributed by atoms with E-state index in [1.54, 1.807) is 44.9 Å². The Morgan fingerprint density at radius 1 is 0.949 bits per heavy atom. The number of nitrogens with zero attached hydrogens (tertiary/aromatic N) is 3. The quantitative estimate of drug-likeness (QED) is 0.109. The minimum absolute atomic E-state index is 0.0559. The lowest BCUT2D eigenvalue weighted by Gasteiger charge is -2.38. The van der Waals surface area contributed by atoms with Gasteiger partial charge in [-0.2, -0.15) is 5.10 Å². The minimum Gasteiger partial charge on any atom is -0.507 e. The van der Waals surface area contributed by atoms with E-state index in [0.717, 1.165) is 13.1 Å². The second-order valence-electron chi connectivity index (χ2n) is 16.1. The number of ketones is 1. The van der Waals surface area contributed by atoms with Crippen LogP contribution in [0.3, 0.4) is 0 Å². The predicted octanol–water partition coefficient (Wildman–Crippen LogP) is 4.34. The molecule has 3 unspecified atom stereocenters. The van der Waals surface area contributed by atoms with Gasteiger partial charge in [0.05, 0.1) is 53.0 Å². The van der Waals surface area contributed by atoms with Gasteiger partial charge in [0.1, 0.15) is 23.4 Å². The van der Waals surface area contributed by atoms with Crippen LogP contribution in [0.15, 0.2) is 41.2 Å². The van der Waals surface area contributed by atoms with Crippen molar-refractivity contribution in [1.29, 1.82) is 0 Å². The first kappa shape index (κ1) is 44.9. The molecule has 5 bridgehead atoms. The molecule has 16 nitrogen and oxygen atoms in total. The molecule has 1 saturated heterocycles. The van der Waals surface area contributed by atoms with Gasteiger partial charge in [-0.25, -0.2) is 0 Å². The number of carbonyl (C=O) groups is 3. The van der Waals surface area contributed by atoms with E-state index in [1.165, 1.54) is 59.4 Å². The number of methoxy groups -OCH3 is 1. The zero-order valence-corrected chi connectivity index (χ0v) is 35.3. The summed E-state index contributed by atoms with van der Waals surface area (Å²) in [6.07, 6.45) is 4.86. The van der Waals surface area contributed by atoms with Crippen molar-refractivity contribution in [1.82, 2.24) is 9.91 Å². The number of likely N-dealkylation sites (N-methyl/N-ethyl adjacent to an activating group) is 1. The Labute approximate surface area is 344 Å². The Kier molecular flexibility index (Phi) is 13.7. The van der Waals surface area contributed by atoms with Gasteiger partial charge in [0.15, 0.2) is 5.75 Å². The van der Waals surface area contributed by atoms with E-state index in [-0.39, 0.29) is 44.5 Å². The third-order valence-corrected chi connectivity index (χ3v) is 11.9. The van der Waals surface area contributed by atoms with Crippen molar-refractivity contribution in [3.8, 4) is 23.0 Å². The molecule has 0 aliphatic carbocycles. The standard InChI is InChI=1S/C43H58N4O12/c1-21-12-11-13-22(2)42(55)45-33-28(20-44-47-17-15-46(9)16-18-47)37(52)30-31(38(33)53)36(51)26(6)40-32(30)41(54)43(8,59-40)57-19-14-29(56-10)23(3)39(58-27(7)48)25(5)35(50)24(4)34(21)49/h11-14,19-21,23-25,29,34-35,39,49-53H,15-18H2,1-10H3,(H,45,55)/t21-,23+,24+,25+,29?,34-,35?,39?,43-/m0/s1. The van der Waals surface area contributed by atoms with Gasteiger partial charge in [0.25, 0.3) is 11.7 Å². The number of amides is 1. The lowest BCUT2D eigenvalue weighted by atomic mass is 9.78. The van der Waals surface area contributed by atoms with Crippen molar-refractivity contribution in [2.45, 2.75) is 85.6 Å². The number of aliphatic hydroxyl groups is 2. The second kappa shape index (κ2) is 18.0. The van der Waals surface area contributed by atoms with Crippen molar-refractivity contribution in [3.05, 3.63) is 52.8 Å². The maximum absolute atomic E-state index is 14.4. The van der Waals surface area contributed by atoms with Gasteiger partial charge >= 0.3 is 11.8 Å². The van der Waals surface area contributed by atoms with E-state index in [9.17, 15) is 39.9 Å². The maximum atomic E-state index is 14.4. The van der Waals surface area contributed by atoms with E-state index < -0.39 is 88.8 Å². The summed E-state index contributed by atoms with van der Waals surface area (Å²) in [4.78, 5) is 42.6. The highest BCUT2D eigenvalue weighted by atomic mass is 16.7. The molecule has 1 amide bonds. The van der Waals surface area contributed by atoms with Crippen LogP contribution in [-0.2, 0) is 23.8 Å². The van der Waals surface area contributed by atoms with Crippen LogP contribution in [-0.4, -0.2) is 130 Å². The fraction of sp³-hybridized carbons (Fsp3) is 0.535. The van der Waals surface area contributed by atoms with Gasteiger partial charge in [-0.3, -0.25) is 19.4 Å². The highest BCUT2D eigenvalue weighted by molar-refractivity contribution is 6.23. The average Bonchev–Trinajstić information content (AvgIpc) is 3.46. The van der Waals surface area contributed by atoms with Crippen LogP contribution in [0.25, 0.3) is 10.8 Å². The van der Waals surface area contributed by atoms with Gasteiger partial charge in [-0.1, -0.05) is 45.9 Å². The molecule has 0 saturated carbocycles. The first-order valence-corrected chi connectivity index (χ1v) is 19.8. The molecule has 2 aromatic rings. The Morgan fingerprint density at radius 2 is 1.61 bits per heavy atom. The summed E-state index contributed by atoms with van der Waals surface area (Å²) in [5.41, 5.74) is -0.350. The number of esters is 1. The molecule has 322 valence electrons. The number of aromatic hydroxyl groups is 3. The number of aliphatic hydroxyl groups excluding tert-OH is 2. The minimum atomic E-state index is -2.04. The first-order chi connectivity index (χ1) is 27.7. The number of phenols is 3. The van der Waals surface area contributed by atoms with Gasteiger partial charge in [-0.15, -0.1) is 0 Å². The van der Waals surface area contributed by atoms with Crippen molar-refractivity contribution < 1.29 is 58.9 Å². The number of ether oxygens (including phenoxy) is 4. The molecule has 16 heteroatoms. The van der Waals surface area contributed by atoms with Gasteiger partial charge in [-0.05, 0) is 27.0 Å². The molecule has 0 radical (unpaired) electrons. The van der Waals surface area contributed by atoms with Gasteiger partial charge in [0, 0.05) is 87.3 Å². The molecule has 4 aliphatic rings. The molecule has 0 spiro atoms. The Balaban J connectivity index is 1.70. The lowest BCUT2D eigenvalue weighted by molar-refractivity contribution is -0.160. The molecular weight excluding hydrogens is 764 g/mol. The van der Waals surface area contributed by atoms with Crippen LogP contribution < -0.4 is 10.1 Å². The van der Waals surface area contributed by atoms with Crippen LogP contribution in [0, 0.1) is 30.6 Å². The van der Waals surface area contributed by atoms with E-state index >= 15 is 0 Å². The molecular formula is C43H58N4O12. The molecule has 1 fully saturated rings. The fourth-order valence-corrected chi connectivity index (χ4v) is 7.92. The van der Waals surface area contributed by atoms with Crippen molar-refractivity contribution >= 4 is 40.3 Å². The number of phenolic OH excluding ortho intramolecular Hbond substituents is 3. The number of hydrogen-bond acceptors (Lipinski definition) is 15. The maximum Gasteiger partial charge on any atom is 0.312 e. The number of allylic oxidation sites excluding steroid dienone is 2. The van der Waals surface area contributed by atoms with Crippen molar-refractivity contribution in [2.75, 3.05) is 45.7 Å². The predicted molar refractivity (Wildman–Crippen MR) is 220 cm³/mol. The topological polar surface area (TPSA) is 220 Å². The zero-order valence-electron chi connectivity index (χ0n) is 35.3. The smallest absolute Gasteiger partial charge is 0.312 e. The Morgan fingerprint density at radius 3 is 2.24 bits per heavy atom. The Hall–Kier alpha value is -5.16. The lowest BCUT2D eigenvalue weighted by Crippen LogP contribution is -2.46. The third-order valence-electron chi connectivity index (χ3n) is 11.9. The van der Waals surface area contributed by atoms with Crippen LogP contribution in [0.2, 0.25) is 0 Å². The summed E-state index contributed by atoms with van der Waals surface area (Å²) >= 11 is 0. The van der Waals surface area contributed by atoms with Crippen molar-refractivity contribution in [3.63, 3.8) is 0 Å². The number of carbonyl (C=O) groups excluding carboxylic acids is 3. The average molecular weight is 823 g/mol. The van der Waals surface area contributed by atoms with Crippen LogP contribution in [0.1, 0.15) is 70.0 Å². The Bertz CT molecular complexity index is 2070. The number of hydrazone groups is 1. The zero-order chi connectivity index (χ0) is 43.7. The number of anilines is 1. The van der Waals surface area contributed by atoms with Gasteiger partial charge in [0.2, 0.25) is 0 Å². The normalized spacial score (nSPS) is 30.1. The van der Waals surface area contributed by atoms with E-state index in [1.807, 2.05) is 7.05 Å². The van der Waals surface area contributed by atoms with Crippen LogP contribution in [0.4, 0.5) is 5.69 Å². The number of benzene rings is 2. The fourth-order valence-electron chi connectivity index (χ4n) is 7.92. The van der Waals surface area contributed by atoms with E-state index in [2.05, 4.69) is 15.3 Å². The first-order valence-electron chi connectivity index (χ1n) is 19.8. The summed E-state index contributed by atoms with van der Waals surface area (Å²) in [5.74, 6) is -8.34. The molecule has 4 aliphatic heterocycles. The molecule has 6 rings (SSSR count). The van der Waals surface area contributed by atoms with E-state index in [4.69, 9.17) is 18.9 Å². The van der Waals surface area contributed by atoms with Gasteiger partial charge < -0.3 is 54.7 Å². The number of hydrogen-bond donors (Lipinski definition) is 6. The summed E-state index contributed by atoms with van der Waals surface area (Å²) < 4.78 is 23.6. The summed E-state index contributed by atoms with van der Waals surface area (Å²) in [6, 6.07) is 0. The van der Waals surface area contributed by atoms with Crippen LogP contribution >= 0.6 is 0 Å². The van der Waals surface area contributed by atoms with E-state index in [0.29, 0.717) is 13.1 Å². The molecule has 2 aromatic carbocycles. The van der Waals surface area contributed by atoms with Crippen molar-refractivity contribution in [2.24, 2.45) is 28.8 Å². The number of rotatable bonds is 4. The monoisotopic (exact) mass is 822 g/mol. The number of Topliss-reactive ketones (excluding diaryl/α,β-unsaturated/α-hetero) is 1.